The summed E-state index contributed by atoms with van der Waals surface area (Å²) in [7, 11) is 0. The van der Waals surface area contributed by atoms with Crippen molar-refractivity contribution in [1.29, 1.82) is 0 Å². The summed E-state index contributed by atoms with van der Waals surface area (Å²) in [5.41, 5.74) is 0. The molecule has 4 nitrogen and oxygen atoms in total. The number of nitrogens with one attached hydrogen (secondary N) is 1. The van der Waals surface area contributed by atoms with Gasteiger partial charge in [0.1, 0.15) is 0 Å². The summed E-state index contributed by atoms with van der Waals surface area (Å²) in [6, 6.07) is 0. The molecule has 0 bridgehead atoms. The van der Waals surface area contributed by atoms with E-state index in [1.54, 1.807) is 0 Å². The van der Waals surface area contributed by atoms with E-state index < -0.39 is 11.3 Å². The minimum atomic E-state index is -2.61. The molecule has 0 rings (SSSR count). The van der Waals surface area contributed by atoms with E-state index in [9.17, 15) is 0 Å². The molecule has 0 heterocycles. The van der Waals surface area contributed by atoms with Gasteiger partial charge in [-0.1, -0.05) is 20.8 Å². The molecule has 6 heteroatoms. The monoisotopic (exact) mass is 244 g/mol. The summed E-state index contributed by atoms with van der Waals surface area (Å²) in [6.45, 7) is 10.1. The van der Waals surface area contributed by atoms with E-state index in [1.165, 1.54) is 19.6 Å². The molecule has 0 amide bonds. The third kappa shape index (κ3) is 22.4. The van der Waals surface area contributed by atoms with Gasteiger partial charge in [0.25, 0.3) is 0 Å². The second-order valence-electron chi connectivity index (χ2n) is 1.85. The minimum absolute atomic E-state index is 0. The Morgan fingerprint density at radius 1 is 1.25 bits per heavy atom. The molecule has 0 saturated heterocycles. The smallest absolute Gasteiger partial charge is 0.789 e. The van der Waals surface area contributed by atoms with Crippen molar-refractivity contribution in [2.24, 2.45) is 0 Å². The van der Waals surface area contributed by atoms with Crippen LogP contribution in [-0.4, -0.2) is 33.3 Å². The fourth-order valence-corrected chi connectivity index (χ4v) is 0.671. The van der Waals surface area contributed by atoms with Crippen LogP contribution in [0.2, 0.25) is 0 Å². The van der Waals surface area contributed by atoms with E-state index >= 15 is 0 Å². The molecular formula is C6H16N2O2SZn. The summed E-state index contributed by atoms with van der Waals surface area (Å²) in [4.78, 5) is 2.38. The first kappa shape index (κ1) is 18.4. The van der Waals surface area contributed by atoms with Crippen molar-refractivity contribution in [3.8, 4) is 0 Å². The molecule has 0 aromatic carbocycles. The molecule has 0 aliphatic carbocycles. The van der Waals surface area contributed by atoms with E-state index in [4.69, 9.17) is 13.9 Å². The van der Waals surface area contributed by atoms with Crippen molar-refractivity contribution in [3.63, 3.8) is 0 Å². The molecule has 1 unspecified atom stereocenters. The zero-order chi connectivity index (χ0) is 9.28. The Labute approximate surface area is 90.1 Å². The molecule has 70 valence electrons. The van der Waals surface area contributed by atoms with E-state index in [0.29, 0.717) is 0 Å². The minimum Gasteiger partial charge on any atom is -0.789 e. The van der Waals surface area contributed by atoms with Gasteiger partial charge < -0.3 is 14.6 Å². The third-order valence-corrected chi connectivity index (χ3v) is 1.34. The van der Waals surface area contributed by atoms with Crippen LogP contribution in [0.1, 0.15) is 20.8 Å². The Balaban J connectivity index is -0.000000142. The van der Waals surface area contributed by atoms with Crippen LogP contribution in [-0.2, 0) is 30.7 Å². The Hall–Kier alpha value is 0.653. The maximum Gasteiger partial charge on any atom is 2.00 e. The average molecular weight is 246 g/mol. The number of hydrogen-bond donors (Lipinski definition) is 0. The zero-order valence-corrected chi connectivity index (χ0v) is 11.8. The summed E-state index contributed by atoms with van der Waals surface area (Å²) >= 11 is -2.61. The van der Waals surface area contributed by atoms with Crippen molar-refractivity contribution in [2.75, 3.05) is 19.6 Å². The number of rotatable bonds is 3. The van der Waals surface area contributed by atoms with Gasteiger partial charge in [-0.2, -0.15) is 11.3 Å². The van der Waals surface area contributed by atoms with Crippen LogP contribution in [0.3, 0.4) is 0 Å². The average Bonchev–Trinajstić information content (AvgIpc) is 1.90. The van der Waals surface area contributed by atoms with Gasteiger partial charge in [0, 0.05) is 0 Å². The van der Waals surface area contributed by atoms with Crippen LogP contribution in [0.15, 0.2) is 0 Å². The van der Waals surface area contributed by atoms with Crippen molar-refractivity contribution in [2.45, 2.75) is 20.8 Å². The molecular weight excluding hydrogens is 230 g/mol. The van der Waals surface area contributed by atoms with E-state index in [-0.39, 0.29) is 19.5 Å². The molecule has 0 aliphatic heterocycles. The Morgan fingerprint density at radius 3 is 1.42 bits per heavy atom. The molecule has 0 aromatic rings. The summed E-state index contributed by atoms with van der Waals surface area (Å²) in [5, 5.41) is 5.50. The van der Waals surface area contributed by atoms with Crippen molar-refractivity contribution in [1.82, 2.24) is 4.90 Å². The van der Waals surface area contributed by atoms with Crippen molar-refractivity contribution < 1.29 is 28.2 Å². The summed E-state index contributed by atoms with van der Waals surface area (Å²) < 4.78 is 17.3. The maximum absolute atomic E-state index is 8.67. The van der Waals surface area contributed by atoms with Gasteiger partial charge in [0.15, 0.2) is 0 Å². The first-order valence-corrected chi connectivity index (χ1v) is 4.68. The number of nitrogens with zero attached hydrogens (tertiary/aromatic N) is 1. The fraction of sp³-hybridized carbons (Fsp3) is 1.00. The van der Waals surface area contributed by atoms with Crippen LogP contribution < -0.4 is 0 Å². The summed E-state index contributed by atoms with van der Waals surface area (Å²) in [5.74, 6) is 0. The molecule has 0 saturated carbocycles. The van der Waals surface area contributed by atoms with Gasteiger partial charge in [-0.3, -0.25) is 4.21 Å². The predicted molar refractivity (Wildman–Crippen MR) is 46.7 cm³/mol. The van der Waals surface area contributed by atoms with E-state index in [0.717, 1.165) is 0 Å². The van der Waals surface area contributed by atoms with E-state index in [1.807, 2.05) is 0 Å². The number of hydrogen-bond acceptors (Lipinski definition) is 3. The van der Waals surface area contributed by atoms with Gasteiger partial charge in [0.2, 0.25) is 0 Å². The topological polar surface area (TPSA) is 67.2 Å². The largest absolute Gasteiger partial charge is 2.00 e. The molecule has 0 radical (unpaired) electrons. The molecule has 0 aliphatic rings. The first-order chi connectivity index (χ1) is 5.08. The van der Waals surface area contributed by atoms with Gasteiger partial charge in [0.05, 0.1) is 0 Å². The molecule has 0 spiro atoms. The Kier molecular flexibility index (Phi) is 21.8. The van der Waals surface area contributed by atoms with Gasteiger partial charge >= 0.3 is 19.5 Å². The van der Waals surface area contributed by atoms with Crippen LogP contribution in [0, 0.1) is 0 Å². The fourth-order valence-electron chi connectivity index (χ4n) is 0.671. The zero-order valence-electron chi connectivity index (χ0n) is 8.00. The van der Waals surface area contributed by atoms with Crippen LogP contribution in [0.5, 0.6) is 0 Å². The summed E-state index contributed by atoms with van der Waals surface area (Å²) in [6.07, 6.45) is 0. The Bertz CT molecular complexity index is 92.0. The molecule has 1 N–H and O–H groups in total. The quantitative estimate of drug-likeness (QED) is 0.554. The molecule has 0 fully saturated rings. The van der Waals surface area contributed by atoms with Crippen LogP contribution in [0.4, 0.5) is 0 Å². The maximum atomic E-state index is 8.67. The van der Waals surface area contributed by atoms with Crippen molar-refractivity contribution in [3.05, 3.63) is 5.14 Å². The van der Waals surface area contributed by atoms with E-state index in [2.05, 4.69) is 25.7 Å². The third-order valence-electron chi connectivity index (χ3n) is 1.34. The predicted octanol–water partition coefficient (Wildman–Crippen LogP) is 1.18. The van der Waals surface area contributed by atoms with Gasteiger partial charge in [-0.15, -0.1) is 0 Å². The second-order valence-corrected chi connectivity index (χ2v) is 2.32. The van der Waals surface area contributed by atoms with Crippen LogP contribution in [0.25, 0.3) is 5.14 Å². The van der Waals surface area contributed by atoms with Gasteiger partial charge in [-0.05, 0) is 19.6 Å². The van der Waals surface area contributed by atoms with Gasteiger partial charge in [-0.25, -0.2) is 0 Å². The first-order valence-electron chi connectivity index (χ1n) is 3.61. The van der Waals surface area contributed by atoms with Crippen LogP contribution >= 0.6 is 0 Å². The molecule has 0 aromatic heterocycles. The normalized spacial score (nSPS) is 11.2. The molecule has 12 heavy (non-hydrogen) atoms. The second kappa shape index (κ2) is 14.2. The van der Waals surface area contributed by atoms with Crippen molar-refractivity contribution >= 4 is 11.3 Å². The standard InChI is InChI=1S/C6H15N.H2NO2S.Zn/c1-4-7(5-2)6-3;1-4(2)3;/h4-6H2,1-3H3;1H,(H,2,3);/q;-1;+2/p-1. The SMILES string of the molecule is CCN(CC)CC.[NH-]S(=O)[O-].[Zn+2]. The Morgan fingerprint density at radius 2 is 1.42 bits per heavy atom. The molecule has 1 atom stereocenters.